The van der Waals surface area contributed by atoms with Crippen molar-refractivity contribution in [2.45, 2.75) is 20.4 Å². The van der Waals surface area contributed by atoms with Crippen molar-refractivity contribution in [3.63, 3.8) is 0 Å². The number of carbonyl (C=O) groups is 1. The highest BCUT2D eigenvalue weighted by molar-refractivity contribution is 5.91. The number of nitro benzene ring substituents is 1. The number of morpholine rings is 1. The second-order valence-electron chi connectivity index (χ2n) is 6.63. The van der Waals surface area contributed by atoms with Crippen molar-refractivity contribution in [1.29, 1.82) is 0 Å². The van der Waals surface area contributed by atoms with E-state index in [1.165, 1.54) is 29.8 Å². The van der Waals surface area contributed by atoms with E-state index in [2.05, 4.69) is 4.90 Å². The van der Waals surface area contributed by atoms with Crippen LogP contribution in [0.2, 0.25) is 0 Å². The Hall–Kier alpha value is -2.77. The minimum absolute atomic E-state index is 0.0639. The number of hydrogen-bond acceptors (Lipinski definition) is 6. The fraction of sp³-hybridized carbons (Fsp3) is 0.350. The Morgan fingerprint density at radius 1 is 1.15 bits per heavy atom. The number of aryl methyl sites for hydroxylation is 2. The maximum Gasteiger partial charge on any atom is 0.343 e. The van der Waals surface area contributed by atoms with Gasteiger partial charge in [-0.3, -0.25) is 15.0 Å². The molecule has 0 atom stereocenters. The van der Waals surface area contributed by atoms with E-state index in [9.17, 15) is 14.9 Å². The second kappa shape index (κ2) is 8.28. The third-order valence-electron chi connectivity index (χ3n) is 4.65. The zero-order chi connectivity index (χ0) is 19.4. The van der Waals surface area contributed by atoms with E-state index in [0.29, 0.717) is 5.75 Å². The molecule has 142 valence electrons. The molecular formula is C20H22N2O5. The molecule has 1 aliphatic heterocycles. The zero-order valence-electron chi connectivity index (χ0n) is 15.4. The van der Waals surface area contributed by atoms with Crippen LogP contribution < -0.4 is 4.74 Å². The molecule has 7 heteroatoms. The molecule has 0 unspecified atom stereocenters. The quantitative estimate of drug-likeness (QED) is 0.348. The lowest BCUT2D eigenvalue weighted by atomic mass is 10.0. The standard InChI is InChI=1S/C20H22N2O5/c1-14-12-19(15(2)11-17(14)13-21-7-9-26-10-8-21)27-20(23)16-3-5-18(6-4-16)22(24)25/h3-6,11-12H,7-10,13H2,1-2H3. The van der Waals surface area contributed by atoms with Crippen LogP contribution in [0.5, 0.6) is 5.75 Å². The summed E-state index contributed by atoms with van der Waals surface area (Å²) in [6, 6.07) is 9.29. The minimum Gasteiger partial charge on any atom is -0.423 e. The lowest BCUT2D eigenvalue weighted by molar-refractivity contribution is -0.384. The van der Waals surface area contributed by atoms with Gasteiger partial charge >= 0.3 is 5.97 Å². The Morgan fingerprint density at radius 3 is 2.44 bits per heavy atom. The van der Waals surface area contributed by atoms with Gasteiger partial charge in [-0.15, -0.1) is 0 Å². The van der Waals surface area contributed by atoms with Crippen molar-refractivity contribution < 1.29 is 19.2 Å². The summed E-state index contributed by atoms with van der Waals surface area (Å²) in [6.07, 6.45) is 0. The highest BCUT2D eigenvalue weighted by Crippen LogP contribution is 2.25. The Morgan fingerprint density at radius 2 is 1.81 bits per heavy atom. The molecule has 3 rings (SSSR count). The molecule has 27 heavy (non-hydrogen) atoms. The summed E-state index contributed by atoms with van der Waals surface area (Å²) in [6.45, 7) is 8.07. The van der Waals surface area contributed by atoms with Crippen LogP contribution in [0, 0.1) is 24.0 Å². The number of non-ortho nitro benzene ring substituents is 1. The van der Waals surface area contributed by atoms with Gasteiger partial charge in [0.05, 0.1) is 23.7 Å². The van der Waals surface area contributed by atoms with Gasteiger partial charge < -0.3 is 9.47 Å². The number of nitrogens with zero attached hydrogens (tertiary/aromatic N) is 2. The molecule has 0 saturated carbocycles. The molecule has 0 bridgehead atoms. The van der Waals surface area contributed by atoms with E-state index in [-0.39, 0.29) is 11.3 Å². The van der Waals surface area contributed by atoms with Gasteiger partial charge in [-0.2, -0.15) is 0 Å². The van der Waals surface area contributed by atoms with Gasteiger partial charge in [-0.1, -0.05) is 6.07 Å². The largest absolute Gasteiger partial charge is 0.423 e. The topological polar surface area (TPSA) is 81.9 Å². The van der Waals surface area contributed by atoms with E-state index >= 15 is 0 Å². The van der Waals surface area contributed by atoms with Gasteiger partial charge in [-0.25, -0.2) is 4.79 Å². The van der Waals surface area contributed by atoms with Crippen molar-refractivity contribution in [2.24, 2.45) is 0 Å². The molecule has 0 radical (unpaired) electrons. The van der Waals surface area contributed by atoms with Crippen LogP contribution >= 0.6 is 0 Å². The first-order chi connectivity index (χ1) is 12.9. The Balaban J connectivity index is 1.71. The van der Waals surface area contributed by atoms with Gasteiger partial charge in [0.25, 0.3) is 5.69 Å². The molecular weight excluding hydrogens is 348 g/mol. The van der Waals surface area contributed by atoms with Gasteiger partial charge in [-0.05, 0) is 48.7 Å². The molecule has 0 aromatic heterocycles. The van der Waals surface area contributed by atoms with Crippen molar-refractivity contribution in [3.8, 4) is 5.75 Å². The molecule has 7 nitrogen and oxygen atoms in total. The average Bonchev–Trinajstić information content (AvgIpc) is 2.66. The molecule has 1 saturated heterocycles. The summed E-state index contributed by atoms with van der Waals surface area (Å²) in [5, 5.41) is 10.7. The summed E-state index contributed by atoms with van der Waals surface area (Å²) in [4.78, 5) is 24.9. The third kappa shape index (κ3) is 4.69. The predicted octanol–water partition coefficient (Wildman–Crippen LogP) is 3.26. The van der Waals surface area contributed by atoms with Crippen molar-refractivity contribution in [1.82, 2.24) is 4.90 Å². The van der Waals surface area contributed by atoms with E-state index in [4.69, 9.17) is 9.47 Å². The van der Waals surface area contributed by atoms with E-state index in [1.54, 1.807) is 0 Å². The summed E-state index contributed by atoms with van der Waals surface area (Å²) >= 11 is 0. The minimum atomic E-state index is -0.534. The summed E-state index contributed by atoms with van der Waals surface area (Å²) < 4.78 is 10.9. The highest BCUT2D eigenvalue weighted by atomic mass is 16.6. The number of carbonyl (C=O) groups excluding carboxylic acids is 1. The Labute approximate surface area is 157 Å². The fourth-order valence-electron chi connectivity index (χ4n) is 3.01. The molecule has 0 N–H and O–H groups in total. The maximum absolute atomic E-state index is 12.3. The lowest BCUT2D eigenvalue weighted by Gasteiger charge is -2.27. The molecule has 2 aromatic carbocycles. The Kier molecular flexibility index (Phi) is 5.83. The first kappa shape index (κ1) is 19.0. The second-order valence-corrected chi connectivity index (χ2v) is 6.63. The Bertz CT molecular complexity index is 842. The molecule has 1 fully saturated rings. The molecule has 1 heterocycles. The van der Waals surface area contributed by atoms with Crippen LogP contribution in [0.4, 0.5) is 5.69 Å². The van der Waals surface area contributed by atoms with Crippen LogP contribution in [-0.2, 0) is 11.3 Å². The van der Waals surface area contributed by atoms with Crippen LogP contribution in [0.25, 0.3) is 0 Å². The van der Waals surface area contributed by atoms with Crippen molar-refractivity contribution in [2.75, 3.05) is 26.3 Å². The van der Waals surface area contributed by atoms with Crippen LogP contribution in [0.1, 0.15) is 27.0 Å². The normalized spacial score (nSPS) is 14.7. The number of nitro groups is 1. The van der Waals surface area contributed by atoms with E-state index in [0.717, 1.165) is 44.0 Å². The monoisotopic (exact) mass is 370 g/mol. The predicted molar refractivity (Wildman–Crippen MR) is 100 cm³/mol. The number of ether oxygens (including phenoxy) is 2. The van der Waals surface area contributed by atoms with Gasteiger partial charge in [0.15, 0.2) is 0 Å². The fourth-order valence-corrected chi connectivity index (χ4v) is 3.01. The summed E-state index contributed by atoms with van der Waals surface area (Å²) in [5.74, 6) is -0.0325. The van der Waals surface area contributed by atoms with Gasteiger partial charge in [0.1, 0.15) is 5.75 Å². The first-order valence-electron chi connectivity index (χ1n) is 8.81. The van der Waals surface area contributed by atoms with E-state index in [1.807, 2.05) is 26.0 Å². The molecule has 0 aliphatic carbocycles. The van der Waals surface area contributed by atoms with Gasteiger partial charge in [0.2, 0.25) is 0 Å². The number of rotatable bonds is 5. The van der Waals surface area contributed by atoms with Crippen molar-refractivity contribution in [3.05, 3.63) is 68.8 Å². The van der Waals surface area contributed by atoms with Crippen LogP contribution in [0.15, 0.2) is 36.4 Å². The van der Waals surface area contributed by atoms with Crippen molar-refractivity contribution >= 4 is 11.7 Å². The third-order valence-corrected chi connectivity index (χ3v) is 4.65. The summed E-state index contributed by atoms with van der Waals surface area (Å²) in [7, 11) is 0. The number of hydrogen-bond donors (Lipinski definition) is 0. The lowest BCUT2D eigenvalue weighted by Crippen LogP contribution is -2.35. The molecule has 0 spiro atoms. The van der Waals surface area contributed by atoms with Gasteiger partial charge in [0, 0.05) is 31.8 Å². The maximum atomic E-state index is 12.3. The number of benzene rings is 2. The smallest absolute Gasteiger partial charge is 0.343 e. The SMILES string of the molecule is Cc1cc(OC(=O)c2ccc([N+](=O)[O-])cc2)c(C)cc1CN1CCOCC1. The van der Waals surface area contributed by atoms with Crippen LogP contribution in [0.3, 0.4) is 0 Å². The first-order valence-corrected chi connectivity index (χ1v) is 8.81. The summed E-state index contributed by atoms with van der Waals surface area (Å²) in [5.41, 5.74) is 3.34. The highest BCUT2D eigenvalue weighted by Gasteiger charge is 2.16. The molecule has 0 amide bonds. The molecule has 2 aromatic rings. The molecule has 1 aliphatic rings. The van der Waals surface area contributed by atoms with Crippen LogP contribution in [-0.4, -0.2) is 42.1 Å². The average molecular weight is 370 g/mol. The van der Waals surface area contributed by atoms with E-state index < -0.39 is 10.9 Å². The zero-order valence-corrected chi connectivity index (χ0v) is 15.4. The number of esters is 1.